The van der Waals surface area contributed by atoms with Crippen LogP contribution >= 0.6 is 11.6 Å². The second-order valence-corrected chi connectivity index (χ2v) is 6.23. The Morgan fingerprint density at radius 2 is 2.07 bits per heavy atom. The highest BCUT2D eigenvalue weighted by molar-refractivity contribution is 6.33. The third kappa shape index (κ3) is 4.92. The van der Waals surface area contributed by atoms with Crippen molar-refractivity contribution in [2.24, 2.45) is 0 Å². The Kier molecular flexibility index (Phi) is 5.83. The molecule has 2 aromatic carbocycles. The molecule has 138 valence electrons. The van der Waals surface area contributed by atoms with Crippen LogP contribution in [-0.2, 0) is 11.3 Å². The van der Waals surface area contributed by atoms with Crippen LogP contribution in [0.5, 0.6) is 0 Å². The van der Waals surface area contributed by atoms with Crippen LogP contribution in [0.3, 0.4) is 0 Å². The summed E-state index contributed by atoms with van der Waals surface area (Å²) in [7, 11) is 1.32. The van der Waals surface area contributed by atoms with Gasteiger partial charge in [-0.25, -0.2) is 4.79 Å². The molecule has 0 atom stereocenters. The van der Waals surface area contributed by atoms with Gasteiger partial charge in [-0.05, 0) is 30.7 Å². The van der Waals surface area contributed by atoms with E-state index >= 15 is 0 Å². The Balaban J connectivity index is 1.73. The first-order chi connectivity index (χ1) is 13.0. The van der Waals surface area contributed by atoms with Gasteiger partial charge in [-0.3, -0.25) is 0 Å². The van der Waals surface area contributed by atoms with Crippen LogP contribution in [0.4, 0.5) is 17.5 Å². The number of aromatic nitrogens is 3. The fraction of sp³-hybridized carbons (Fsp3) is 0.158. The zero-order valence-electron chi connectivity index (χ0n) is 14.9. The lowest BCUT2D eigenvalue weighted by molar-refractivity contribution is 0.0601. The molecule has 0 unspecified atom stereocenters. The van der Waals surface area contributed by atoms with Gasteiger partial charge in [0, 0.05) is 6.54 Å². The fourth-order valence-corrected chi connectivity index (χ4v) is 2.61. The van der Waals surface area contributed by atoms with Crippen LogP contribution in [-0.4, -0.2) is 28.3 Å². The maximum Gasteiger partial charge on any atom is 0.337 e. The lowest BCUT2D eigenvalue weighted by Crippen LogP contribution is -2.07. The van der Waals surface area contributed by atoms with Crippen LogP contribution < -0.4 is 10.6 Å². The summed E-state index contributed by atoms with van der Waals surface area (Å²) in [4.78, 5) is 16.1. The number of nitrogens with one attached hydrogen (secondary N) is 2. The predicted molar refractivity (Wildman–Crippen MR) is 104 cm³/mol. The van der Waals surface area contributed by atoms with Gasteiger partial charge in [-0.15, -0.1) is 5.10 Å². The minimum absolute atomic E-state index is 0.258. The predicted octanol–water partition coefficient (Wildman–Crippen LogP) is 3.98. The first-order valence-electron chi connectivity index (χ1n) is 8.19. The molecule has 0 aliphatic rings. The molecule has 1 heterocycles. The molecular formula is C19H18ClN5O2. The smallest absolute Gasteiger partial charge is 0.337 e. The van der Waals surface area contributed by atoms with Gasteiger partial charge in [-0.1, -0.05) is 41.4 Å². The summed E-state index contributed by atoms with van der Waals surface area (Å²) in [6.07, 6.45) is 1.54. The summed E-state index contributed by atoms with van der Waals surface area (Å²) in [5, 5.41) is 14.5. The van der Waals surface area contributed by atoms with Crippen LogP contribution in [0, 0.1) is 6.92 Å². The number of ether oxygens (including phenoxy) is 1. The van der Waals surface area contributed by atoms with Crippen LogP contribution in [0.15, 0.2) is 48.7 Å². The molecule has 0 fully saturated rings. The van der Waals surface area contributed by atoms with Crippen molar-refractivity contribution in [1.82, 2.24) is 15.2 Å². The topological polar surface area (TPSA) is 89.0 Å². The molecule has 0 radical (unpaired) electrons. The summed E-state index contributed by atoms with van der Waals surface area (Å²) in [6.45, 7) is 2.66. The summed E-state index contributed by atoms with van der Waals surface area (Å²) in [6, 6.07) is 12.9. The standard InChI is InChI=1S/C19H18ClN5O2/c1-12-4-3-5-13(8-12)10-21-17-11-22-25-19(24-17)23-16-9-14(18(26)27-2)6-7-15(16)20/h3-9,11H,10H2,1-2H3,(H2,21,23,24,25). The second-order valence-electron chi connectivity index (χ2n) is 5.82. The highest BCUT2D eigenvalue weighted by atomic mass is 35.5. The maximum absolute atomic E-state index is 11.7. The summed E-state index contributed by atoms with van der Waals surface area (Å²) in [5.74, 6) is 0.366. The zero-order chi connectivity index (χ0) is 19.2. The number of nitrogens with zero attached hydrogens (tertiary/aromatic N) is 3. The molecule has 8 heteroatoms. The third-order valence-electron chi connectivity index (χ3n) is 3.75. The van der Waals surface area contributed by atoms with Crippen molar-refractivity contribution in [2.45, 2.75) is 13.5 Å². The molecule has 3 aromatic rings. The number of rotatable bonds is 6. The second kappa shape index (κ2) is 8.46. The molecule has 0 saturated heterocycles. The van der Waals surface area contributed by atoms with E-state index in [1.807, 2.05) is 25.1 Å². The molecule has 3 rings (SSSR count). The van der Waals surface area contributed by atoms with Gasteiger partial charge >= 0.3 is 5.97 Å². The Morgan fingerprint density at radius 1 is 1.22 bits per heavy atom. The monoisotopic (exact) mass is 383 g/mol. The molecule has 0 spiro atoms. The molecule has 2 N–H and O–H groups in total. The number of esters is 1. The van der Waals surface area contributed by atoms with E-state index in [4.69, 9.17) is 16.3 Å². The largest absolute Gasteiger partial charge is 0.465 e. The van der Waals surface area contributed by atoms with Gasteiger partial charge in [0.25, 0.3) is 0 Å². The maximum atomic E-state index is 11.7. The number of carbonyl (C=O) groups excluding carboxylic acids is 1. The Labute approximate surface area is 161 Å². The van der Waals surface area contributed by atoms with Crippen molar-refractivity contribution >= 4 is 35.0 Å². The van der Waals surface area contributed by atoms with Crippen molar-refractivity contribution in [2.75, 3.05) is 17.7 Å². The van der Waals surface area contributed by atoms with Crippen molar-refractivity contribution in [3.8, 4) is 0 Å². The molecule has 1 aromatic heterocycles. The Bertz CT molecular complexity index is 964. The number of aryl methyl sites for hydroxylation is 1. The minimum Gasteiger partial charge on any atom is -0.465 e. The lowest BCUT2D eigenvalue weighted by Gasteiger charge is -2.10. The summed E-state index contributed by atoms with van der Waals surface area (Å²) in [5.41, 5.74) is 3.18. The first kappa shape index (κ1) is 18.6. The van der Waals surface area contributed by atoms with E-state index in [0.717, 1.165) is 5.56 Å². The molecule has 0 amide bonds. The molecule has 0 aliphatic carbocycles. The number of halogens is 1. The highest BCUT2D eigenvalue weighted by Crippen LogP contribution is 2.25. The van der Waals surface area contributed by atoms with E-state index in [2.05, 4.69) is 31.9 Å². The van der Waals surface area contributed by atoms with E-state index in [1.54, 1.807) is 18.2 Å². The van der Waals surface area contributed by atoms with Gasteiger partial charge in [0.1, 0.15) is 0 Å². The van der Waals surface area contributed by atoms with Gasteiger partial charge in [0.15, 0.2) is 5.82 Å². The highest BCUT2D eigenvalue weighted by Gasteiger charge is 2.10. The normalized spacial score (nSPS) is 10.3. The zero-order valence-corrected chi connectivity index (χ0v) is 15.6. The number of anilines is 3. The number of hydrogen-bond acceptors (Lipinski definition) is 7. The quantitative estimate of drug-likeness (QED) is 0.622. The average Bonchev–Trinajstić information content (AvgIpc) is 2.68. The number of carbonyl (C=O) groups is 1. The average molecular weight is 384 g/mol. The van der Waals surface area contributed by atoms with Crippen LogP contribution in [0.2, 0.25) is 5.02 Å². The summed E-state index contributed by atoms with van der Waals surface area (Å²) >= 11 is 6.18. The van der Waals surface area contributed by atoms with E-state index < -0.39 is 5.97 Å². The molecule has 0 saturated carbocycles. The molecule has 7 nitrogen and oxygen atoms in total. The van der Waals surface area contributed by atoms with E-state index in [1.165, 1.54) is 18.9 Å². The first-order valence-corrected chi connectivity index (χ1v) is 8.57. The Hall–Kier alpha value is -3.19. The molecule has 0 bridgehead atoms. The molecule has 27 heavy (non-hydrogen) atoms. The number of benzene rings is 2. The minimum atomic E-state index is -0.456. The molecular weight excluding hydrogens is 366 g/mol. The molecule has 0 aliphatic heterocycles. The number of methoxy groups -OCH3 is 1. The summed E-state index contributed by atoms with van der Waals surface area (Å²) < 4.78 is 4.72. The van der Waals surface area contributed by atoms with E-state index in [0.29, 0.717) is 28.6 Å². The van der Waals surface area contributed by atoms with E-state index in [-0.39, 0.29) is 5.95 Å². The van der Waals surface area contributed by atoms with Crippen LogP contribution in [0.25, 0.3) is 0 Å². The van der Waals surface area contributed by atoms with Crippen molar-refractivity contribution in [3.05, 3.63) is 70.4 Å². The fourth-order valence-electron chi connectivity index (χ4n) is 2.44. The number of hydrogen-bond donors (Lipinski definition) is 2. The van der Waals surface area contributed by atoms with E-state index in [9.17, 15) is 4.79 Å². The van der Waals surface area contributed by atoms with Crippen molar-refractivity contribution in [3.63, 3.8) is 0 Å². The van der Waals surface area contributed by atoms with Gasteiger partial charge < -0.3 is 15.4 Å². The Morgan fingerprint density at radius 3 is 2.85 bits per heavy atom. The van der Waals surface area contributed by atoms with Crippen LogP contribution in [0.1, 0.15) is 21.5 Å². The lowest BCUT2D eigenvalue weighted by atomic mass is 10.1. The van der Waals surface area contributed by atoms with Crippen molar-refractivity contribution in [1.29, 1.82) is 0 Å². The van der Waals surface area contributed by atoms with Gasteiger partial charge in [-0.2, -0.15) is 10.1 Å². The SMILES string of the molecule is COC(=O)c1ccc(Cl)c(Nc2nncc(NCc3cccc(C)c3)n2)c1. The van der Waals surface area contributed by atoms with Crippen molar-refractivity contribution < 1.29 is 9.53 Å². The van der Waals surface area contributed by atoms with Gasteiger partial charge in [0.05, 0.1) is 29.6 Å². The van der Waals surface area contributed by atoms with Gasteiger partial charge in [0.2, 0.25) is 5.95 Å². The third-order valence-corrected chi connectivity index (χ3v) is 4.08.